The van der Waals surface area contributed by atoms with E-state index in [0.717, 1.165) is 32.6 Å². The molecule has 0 radical (unpaired) electrons. The summed E-state index contributed by atoms with van der Waals surface area (Å²) in [6.07, 6.45) is 0.920. The highest BCUT2D eigenvalue weighted by Crippen LogP contribution is 2.26. The number of carbonyl (C=O) groups excluding carboxylic acids is 1. The molecule has 0 saturated carbocycles. The Morgan fingerprint density at radius 1 is 1.27 bits per heavy atom. The highest BCUT2D eigenvalue weighted by atomic mass is 35.5. The van der Waals surface area contributed by atoms with Gasteiger partial charge in [-0.25, -0.2) is 13.6 Å². The summed E-state index contributed by atoms with van der Waals surface area (Å²) < 4.78 is 28.4. The lowest BCUT2D eigenvalue weighted by molar-refractivity contribution is 0.0770. The van der Waals surface area contributed by atoms with Crippen LogP contribution in [0.2, 0.25) is 0 Å². The summed E-state index contributed by atoms with van der Waals surface area (Å²) in [7, 11) is -2.42. The molecule has 1 unspecified atom stereocenters. The molecule has 2 saturated heterocycles. The van der Waals surface area contributed by atoms with Crippen LogP contribution in [0.1, 0.15) is 16.8 Å². The van der Waals surface area contributed by atoms with Gasteiger partial charge >= 0.3 is 0 Å². The van der Waals surface area contributed by atoms with Crippen molar-refractivity contribution in [2.75, 3.05) is 46.4 Å². The third-order valence-electron chi connectivity index (χ3n) is 4.85. The Morgan fingerprint density at radius 2 is 1.96 bits per heavy atom. The molecule has 10 heteroatoms. The minimum absolute atomic E-state index is 0. The lowest BCUT2D eigenvalue weighted by Gasteiger charge is -2.32. The zero-order valence-electron chi connectivity index (χ0n) is 14.7. The van der Waals surface area contributed by atoms with Gasteiger partial charge in [0.2, 0.25) is 10.0 Å². The fraction of sp³-hybridized carbons (Fsp3) is 0.562. The number of carbonyl (C=O) groups is 1. The first-order valence-corrected chi connectivity index (χ1v) is 9.89. The van der Waals surface area contributed by atoms with Crippen molar-refractivity contribution in [1.82, 2.24) is 15.1 Å². The van der Waals surface area contributed by atoms with E-state index < -0.39 is 10.0 Å². The first-order valence-electron chi connectivity index (χ1n) is 8.35. The average molecular weight is 405 g/mol. The number of benzene rings is 1. The summed E-state index contributed by atoms with van der Waals surface area (Å²) in [6.45, 7) is 5.19. The number of sulfonamides is 1. The van der Waals surface area contributed by atoms with Crippen molar-refractivity contribution in [3.63, 3.8) is 0 Å². The molecule has 0 spiro atoms. The predicted molar refractivity (Wildman–Crippen MR) is 100 cm³/mol. The monoisotopic (exact) mass is 404 g/mol. The number of rotatable bonds is 4. The Balaban J connectivity index is 0.00000243. The highest BCUT2D eigenvalue weighted by Gasteiger charge is 2.32. The molecule has 2 fully saturated rings. The van der Waals surface area contributed by atoms with E-state index >= 15 is 0 Å². The molecular weight excluding hydrogens is 380 g/mol. The lowest BCUT2D eigenvalue weighted by Crippen LogP contribution is -2.49. The topological polar surface area (TPSA) is 105 Å². The van der Waals surface area contributed by atoms with Crippen LogP contribution in [0.25, 0.3) is 0 Å². The van der Waals surface area contributed by atoms with Crippen LogP contribution in [0.15, 0.2) is 23.1 Å². The van der Waals surface area contributed by atoms with Gasteiger partial charge in [-0.1, -0.05) is 0 Å². The van der Waals surface area contributed by atoms with Crippen LogP contribution in [0.4, 0.5) is 0 Å². The van der Waals surface area contributed by atoms with E-state index in [1.807, 2.05) is 0 Å². The number of halogens is 1. The van der Waals surface area contributed by atoms with E-state index in [2.05, 4.69) is 10.2 Å². The number of ether oxygens (including phenoxy) is 1. The maximum Gasteiger partial charge on any atom is 0.257 e. The quantitative estimate of drug-likeness (QED) is 0.725. The van der Waals surface area contributed by atoms with E-state index in [4.69, 9.17) is 9.88 Å². The number of hydrogen-bond acceptors (Lipinski definition) is 6. The highest BCUT2D eigenvalue weighted by molar-refractivity contribution is 7.89. The summed E-state index contributed by atoms with van der Waals surface area (Å²) >= 11 is 0. The lowest BCUT2D eigenvalue weighted by atomic mass is 10.1. The summed E-state index contributed by atoms with van der Waals surface area (Å²) in [4.78, 5) is 17.0. The molecule has 26 heavy (non-hydrogen) atoms. The van der Waals surface area contributed by atoms with Gasteiger partial charge in [0.25, 0.3) is 5.91 Å². The van der Waals surface area contributed by atoms with Gasteiger partial charge in [-0.15, -0.1) is 12.4 Å². The smallest absolute Gasteiger partial charge is 0.257 e. The maximum atomic E-state index is 12.9. The van der Waals surface area contributed by atoms with Crippen molar-refractivity contribution in [3.8, 4) is 5.75 Å². The Bertz CT molecular complexity index is 753. The van der Waals surface area contributed by atoms with Crippen molar-refractivity contribution in [1.29, 1.82) is 0 Å². The molecule has 1 atom stereocenters. The molecule has 0 aromatic heterocycles. The van der Waals surface area contributed by atoms with E-state index in [1.165, 1.54) is 25.3 Å². The zero-order valence-corrected chi connectivity index (χ0v) is 16.3. The van der Waals surface area contributed by atoms with Crippen LogP contribution >= 0.6 is 12.4 Å². The third-order valence-corrected chi connectivity index (χ3v) is 5.76. The summed E-state index contributed by atoms with van der Waals surface area (Å²) in [5, 5.41) is 8.51. The number of hydrogen-bond donors (Lipinski definition) is 2. The largest absolute Gasteiger partial charge is 0.496 e. The van der Waals surface area contributed by atoms with Crippen LogP contribution in [0, 0.1) is 0 Å². The fourth-order valence-electron chi connectivity index (χ4n) is 3.47. The molecule has 1 aromatic carbocycles. The van der Waals surface area contributed by atoms with Crippen LogP contribution in [0.3, 0.4) is 0 Å². The molecule has 2 aliphatic rings. The molecular formula is C16H25ClN4O4S. The number of nitrogens with two attached hydrogens (primary N) is 1. The first kappa shape index (κ1) is 20.9. The molecule has 146 valence electrons. The van der Waals surface area contributed by atoms with E-state index in [1.54, 1.807) is 4.90 Å². The number of nitrogens with one attached hydrogen (secondary N) is 1. The predicted octanol–water partition coefficient (Wildman–Crippen LogP) is -0.116. The molecule has 1 amide bonds. The van der Waals surface area contributed by atoms with Gasteiger partial charge in [-0.3, -0.25) is 9.69 Å². The van der Waals surface area contributed by atoms with Gasteiger partial charge < -0.3 is 15.0 Å². The van der Waals surface area contributed by atoms with Gasteiger partial charge in [-0.05, 0) is 24.6 Å². The molecule has 8 nitrogen and oxygen atoms in total. The second kappa shape index (κ2) is 8.53. The van der Waals surface area contributed by atoms with Crippen LogP contribution < -0.4 is 15.2 Å². The number of piperazine rings is 1. The Hall–Kier alpha value is -1.39. The van der Waals surface area contributed by atoms with E-state index in [0.29, 0.717) is 24.9 Å². The Labute approximate surface area is 160 Å². The van der Waals surface area contributed by atoms with Gasteiger partial charge in [-0.2, -0.15) is 0 Å². The summed E-state index contributed by atoms with van der Waals surface area (Å²) in [5.74, 6) is 0.128. The Kier molecular flexibility index (Phi) is 6.86. The number of likely N-dealkylation sites (tertiary alicyclic amines) is 1. The third kappa shape index (κ3) is 4.47. The standard InChI is InChI=1S/C16H24N4O4S.ClH/c1-24-15-3-2-13(25(17,22)23)10-14(15)16(21)20-7-4-12(11-20)19-8-5-18-6-9-19;/h2-3,10,12,18H,4-9,11H2,1H3,(H2,17,22,23);1H. The number of primary sulfonamides is 1. The number of methoxy groups -OCH3 is 1. The summed E-state index contributed by atoms with van der Waals surface area (Å²) in [6, 6.07) is 4.46. The van der Waals surface area contributed by atoms with Crippen molar-refractivity contribution in [2.24, 2.45) is 5.14 Å². The van der Waals surface area contributed by atoms with Crippen molar-refractivity contribution >= 4 is 28.3 Å². The second-order valence-corrected chi connectivity index (χ2v) is 7.95. The maximum absolute atomic E-state index is 12.9. The fourth-order valence-corrected chi connectivity index (χ4v) is 4.01. The molecule has 1 aromatic rings. The minimum atomic E-state index is -3.88. The van der Waals surface area contributed by atoms with Crippen molar-refractivity contribution in [2.45, 2.75) is 17.4 Å². The van der Waals surface area contributed by atoms with Gasteiger partial charge in [0.1, 0.15) is 5.75 Å². The summed E-state index contributed by atoms with van der Waals surface area (Å²) in [5.41, 5.74) is 0.231. The second-order valence-electron chi connectivity index (χ2n) is 6.39. The molecule has 3 rings (SSSR count). The van der Waals surface area contributed by atoms with Gasteiger partial charge in [0.15, 0.2) is 0 Å². The Morgan fingerprint density at radius 3 is 2.58 bits per heavy atom. The normalized spacial score (nSPS) is 21.3. The number of amides is 1. The molecule has 0 bridgehead atoms. The van der Waals surface area contributed by atoms with Crippen molar-refractivity contribution in [3.05, 3.63) is 23.8 Å². The van der Waals surface area contributed by atoms with Gasteiger partial charge in [0, 0.05) is 45.3 Å². The average Bonchev–Trinajstić information content (AvgIpc) is 3.10. The van der Waals surface area contributed by atoms with Crippen LogP contribution in [0.5, 0.6) is 5.75 Å². The molecule has 2 aliphatic heterocycles. The number of nitrogens with zero attached hydrogens (tertiary/aromatic N) is 2. The van der Waals surface area contributed by atoms with E-state index in [9.17, 15) is 13.2 Å². The van der Waals surface area contributed by atoms with Crippen molar-refractivity contribution < 1.29 is 17.9 Å². The van der Waals surface area contributed by atoms with Crippen LogP contribution in [-0.2, 0) is 10.0 Å². The van der Waals surface area contributed by atoms with Crippen LogP contribution in [-0.4, -0.2) is 76.5 Å². The SMILES string of the molecule is COc1ccc(S(N)(=O)=O)cc1C(=O)N1CCC(N2CCNCC2)C1.Cl. The molecule has 3 N–H and O–H groups in total. The zero-order chi connectivity index (χ0) is 18.0. The first-order chi connectivity index (χ1) is 11.9. The molecule has 0 aliphatic carbocycles. The molecule has 2 heterocycles. The van der Waals surface area contributed by atoms with E-state index in [-0.39, 0.29) is 28.8 Å². The van der Waals surface area contributed by atoms with Gasteiger partial charge in [0.05, 0.1) is 17.6 Å². The minimum Gasteiger partial charge on any atom is -0.496 e.